The molecule has 0 amide bonds. The molecule has 3 rings (SSSR count). The second-order valence-corrected chi connectivity index (χ2v) is 6.60. The van der Waals surface area contributed by atoms with E-state index in [4.69, 9.17) is 13.9 Å². The minimum Gasteiger partial charge on any atom is -0.493 e. The molecule has 27 heavy (non-hydrogen) atoms. The third-order valence-electron chi connectivity index (χ3n) is 4.95. The van der Waals surface area contributed by atoms with E-state index in [-0.39, 0.29) is 11.3 Å². The van der Waals surface area contributed by atoms with Crippen LogP contribution in [0.15, 0.2) is 51.7 Å². The lowest BCUT2D eigenvalue weighted by atomic mass is 9.89. The van der Waals surface area contributed by atoms with E-state index in [9.17, 15) is 4.79 Å². The topological polar surface area (TPSA) is 48.7 Å². The summed E-state index contributed by atoms with van der Waals surface area (Å²) in [6.45, 7) is 4.19. The Hall–Kier alpha value is -2.75. The molecule has 0 aliphatic carbocycles. The minimum atomic E-state index is 0.0171. The smallest absolute Gasteiger partial charge is 0.196 e. The Morgan fingerprint density at radius 2 is 1.67 bits per heavy atom. The third-order valence-corrected chi connectivity index (χ3v) is 4.95. The Kier molecular flexibility index (Phi) is 5.84. The van der Waals surface area contributed by atoms with Crippen LogP contribution in [0.4, 0.5) is 0 Å². The van der Waals surface area contributed by atoms with Gasteiger partial charge in [-0.25, -0.2) is 0 Å². The van der Waals surface area contributed by atoms with Crippen LogP contribution in [-0.2, 0) is 6.42 Å². The number of fused-ring (bicyclic) bond motifs is 1. The molecule has 1 atom stereocenters. The van der Waals surface area contributed by atoms with Crippen LogP contribution < -0.4 is 14.9 Å². The predicted octanol–water partition coefficient (Wildman–Crippen LogP) is 5.30. The monoisotopic (exact) mass is 366 g/mol. The SMILES string of the molecule is CCCc1c(C(CC)c2ccccc2)oc2cc(OC)c(OC)cc2c1=O. The Balaban J connectivity index is 2.30. The Bertz CT molecular complexity index is 973. The van der Waals surface area contributed by atoms with Gasteiger partial charge in [-0.3, -0.25) is 4.79 Å². The van der Waals surface area contributed by atoms with Gasteiger partial charge in [-0.15, -0.1) is 0 Å². The van der Waals surface area contributed by atoms with Crippen LogP contribution in [0, 0.1) is 0 Å². The van der Waals surface area contributed by atoms with Crippen molar-refractivity contribution >= 4 is 11.0 Å². The van der Waals surface area contributed by atoms with Gasteiger partial charge in [0.1, 0.15) is 11.3 Å². The molecule has 0 aliphatic rings. The first-order valence-corrected chi connectivity index (χ1v) is 9.41. The predicted molar refractivity (Wildman–Crippen MR) is 108 cm³/mol. The average molecular weight is 366 g/mol. The lowest BCUT2D eigenvalue weighted by molar-refractivity contribution is 0.354. The van der Waals surface area contributed by atoms with E-state index in [0.29, 0.717) is 28.9 Å². The van der Waals surface area contributed by atoms with Crippen LogP contribution in [0.1, 0.15) is 49.5 Å². The van der Waals surface area contributed by atoms with E-state index in [2.05, 4.69) is 26.0 Å². The molecule has 4 nitrogen and oxygen atoms in total. The van der Waals surface area contributed by atoms with Crippen molar-refractivity contribution in [1.82, 2.24) is 0 Å². The Morgan fingerprint density at radius 1 is 1.00 bits per heavy atom. The Morgan fingerprint density at radius 3 is 2.26 bits per heavy atom. The standard InChI is InChI=1S/C23H26O4/c1-5-10-17-22(24)18-13-20(25-3)21(26-4)14-19(18)27-23(17)16(6-2)15-11-8-7-9-12-15/h7-9,11-14,16H,5-6,10H2,1-4H3. The summed E-state index contributed by atoms with van der Waals surface area (Å²) in [5.74, 6) is 1.88. The zero-order chi connectivity index (χ0) is 19.4. The maximum absolute atomic E-state index is 13.3. The zero-order valence-corrected chi connectivity index (χ0v) is 16.4. The molecule has 0 N–H and O–H groups in total. The van der Waals surface area contributed by atoms with Gasteiger partial charge in [-0.2, -0.15) is 0 Å². The van der Waals surface area contributed by atoms with Crippen molar-refractivity contribution in [2.45, 2.75) is 39.0 Å². The molecule has 1 unspecified atom stereocenters. The lowest BCUT2D eigenvalue weighted by Gasteiger charge is -2.19. The molecule has 0 bridgehead atoms. The summed E-state index contributed by atoms with van der Waals surface area (Å²) in [7, 11) is 3.14. The fourth-order valence-electron chi connectivity index (χ4n) is 3.60. The van der Waals surface area contributed by atoms with Gasteiger partial charge in [0.15, 0.2) is 16.9 Å². The summed E-state index contributed by atoms with van der Waals surface area (Å²) in [4.78, 5) is 13.3. The number of methoxy groups -OCH3 is 2. The van der Waals surface area contributed by atoms with Gasteiger partial charge in [0.2, 0.25) is 0 Å². The lowest BCUT2D eigenvalue weighted by Crippen LogP contribution is -2.16. The largest absolute Gasteiger partial charge is 0.493 e. The minimum absolute atomic E-state index is 0.0171. The summed E-state index contributed by atoms with van der Waals surface area (Å²) in [5.41, 5.74) is 2.46. The van der Waals surface area contributed by atoms with Gasteiger partial charge in [-0.05, 0) is 24.5 Å². The second kappa shape index (κ2) is 8.30. The van der Waals surface area contributed by atoms with Crippen molar-refractivity contribution < 1.29 is 13.9 Å². The summed E-state index contributed by atoms with van der Waals surface area (Å²) in [5, 5.41) is 0.530. The highest BCUT2D eigenvalue weighted by Crippen LogP contribution is 2.35. The molecule has 142 valence electrons. The number of benzene rings is 2. The number of ether oxygens (including phenoxy) is 2. The fourth-order valence-corrected chi connectivity index (χ4v) is 3.60. The van der Waals surface area contributed by atoms with E-state index in [0.717, 1.165) is 29.7 Å². The van der Waals surface area contributed by atoms with Gasteiger partial charge in [0.25, 0.3) is 0 Å². The van der Waals surface area contributed by atoms with E-state index in [1.54, 1.807) is 26.4 Å². The number of rotatable bonds is 7. The molecule has 4 heteroatoms. The van der Waals surface area contributed by atoms with Crippen LogP contribution in [-0.4, -0.2) is 14.2 Å². The Labute approximate surface area is 159 Å². The maximum Gasteiger partial charge on any atom is 0.196 e. The van der Waals surface area contributed by atoms with Crippen LogP contribution in [0.2, 0.25) is 0 Å². The molecule has 3 aromatic rings. The van der Waals surface area contributed by atoms with Gasteiger partial charge in [0, 0.05) is 17.5 Å². The highest BCUT2D eigenvalue weighted by Gasteiger charge is 2.23. The first-order chi connectivity index (χ1) is 13.1. The van der Waals surface area contributed by atoms with Crippen molar-refractivity contribution in [3.63, 3.8) is 0 Å². The van der Waals surface area contributed by atoms with Crippen LogP contribution in [0.5, 0.6) is 11.5 Å². The quantitative estimate of drug-likeness (QED) is 0.569. The number of hydrogen-bond acceptors (Lipinski definition) is 4. The zero-order valence-electron chi connectivity index (χ0n) is 16.4. The highest BCUT2D eigenvalue weighted by atomic mass is 16.5. The van der Waals surface area contributed by atoms with Crippen LogP contribution >= 0.6 is 0 Å². The van der Waals surface area contributed by atoms with Crippen molar-refractivity contribution in [2.24, 2.45) is 0 Å². The molecule has 0 aliphatic heterocycles. The van der Waals surface area contributed by atoms with E-state index in [1.165, 1.54) is 0 Å². The number of hydrogen-bond donors (Lipinski definition) is 0. The second-order valence-electron chi connectivity index (χ2n) is 6.60. The molecule has 0 saturated carbocycles. The molecule has 0 saturated heterocycles. The highest BCUT2D eigenvalue weighted by molar-refractivity contribution is 5.81. The third kappa shape index (κ3) is 3.57. The molecular weight excluding hydrogens is 340 g/mol. The van der Waals surface area contributed by atoms with Crippen molar-refractivity contribution in [3.8, 4) is 11.5 Å². The molecule has 0 radical (unpaired) electrons. The van der Waals surface area contributed by atoms with E-state index >= 15 is 0 Å². The summed E-state index contributed by atoms with van der Waals surface area (Å²) in [6, 6.07) is 13.7. The van der Waals surface area contributed by atoms with Gasteiger partial charge >= 0.3 is 0 Å². The van der Waals surface area contributed by atoms with Crippen LogP contribution in [0.3, 0.4) is 0 Å². The van der Waals surface area contributed by atoms with Crippen molar-refractivity contribution in [1.29, 1.82) is 0 Å². The first-order valence-electron chi connectivity index (χ1n) is 9.41. The first kappa shape index (κ1) is 19.0. The molecule has 0 fully saturated rings. The summed E-state index contributed by atoms with van der Waals surface area (Å²) < 4.78 is 17.1. The fraction of sp³-hybridized carbons (Fsp3) is 0.348. The van der Waals surface area contributed by atoms with Crippen molar-refractivity contribution in [3.05, 3.63) is 69.6 Å². The average Bonchev–Trinajstić information content (AvgIpc) is 2.71. The molecule has 2 aromatic carbocycles. The summed E-state index contributed by atoms with van der Waals surface area (Å²) >= 11 is 0. The summed E-state index contributed by atoms with van der Waals surface area (Å²) in [6.07, 6.45) is 2.41. The molecule has 0 spiro atoms. The van der Waals surface area contributed by atoms with E-state index < -0.39 is 0 Å². The van der Waals surface area contributed by atoms with Crippen molar-refractivity contribution in [2.75, 3.05) is 14.2 Å². The maximum atomic E-state index is 13.3. The molecule has 1 heterocycles. The van der Waals surface area contributed by atoms with Crippen LogP contribution in [0.25, 0.3) is 11.0 Å². The van der Waals surface area contributed by atoms with E-state index in [1.807, 2.05) is 18.2 Å². The van der Waals surface area contributed by atoms with Gasteiger partial charge in [0.05, 0.1) is 19.6 Å². The normalized spacial score (nSPS) is 12.1. The van der Waals surface area contributed by atoms with Gasteiger partial charge < -0.3 is 13.9 Å². The van der Waals surface area contributed by atoms with Gasteiger partial charge in [-0.1, -0.05) is 50.6 Å². The molecule has 1 aromatic heterocycles. The molecular formula is C23H26O4.